The van der Waals surface area contributed by atoms with Crippen molar-refractivity contribution in [3.05, 3.63) is 59.2 Å². The van der Waals surface area contributed by atoms with Gasteiger partial charge in [-0.05, 0) is 42.7 Å². The van der Waals surface area contributed by atoms with Crippen LogP contribution < -0.4 is 10.5 Å². The average Bonchev–Trinajstić information content (AvgIpc) is 2.98. The molecule has 0 bridgehead atoms. The number of halogens is 1. The van der Waals surface area contributed by atoms with E-state index in [4.69, 9.17) is 10.5 Å². The number of hydrogen-bond donors (Lipinski definition) is 1. The van der Waals surface area contributed by atoms with Crippen molar-refractivity contribution >= 4 is 22.4 Å². The Hall–Kier alpha value is -1.60. The van der Waals surface area contributed by atoms with E-state index >= 15 is 0 Å². The van der Waals surface area contributed by atoms with E-state index in [0.29, 0.717) is 18.0 Å². The van der Waals surface area contributed by atoms with Crippen LogP contribution in [0.2, 0.25) is 0 Å². The highest BCUT2D eigenvalue weighted by molar-refractivity contribution is 7.89. The number of rotatable bonds is 4. The normalized spacial score (nSPS) is 20.6. The number of nitrogens with two attached hydrogens (primary N) is 1. The highest BCUT2D eigenvalue weighted by Gasteiger charge is 2.38. The van der Waals surface area contributed by atoms with Gasteiger partial charge in [0.25, 0.3) is 0 Å². The predicted octanol–water partition coefficient (Wildman–Crippen LogP) is 2.85. The van der Waals surface area contributed by atoms with Gasteiger partial charge in [0.2, 0.25) is 10.0 Å². The maximum atomic E-state index is 13.1. The molecule has 2 aromatic rings. The molecule has 0 radical (unpaired) electrons. The second-order valence-electron chi connectivity index (χ2n) is 6.59. The van der Waals surface area contributed by atoms with Crippen molar-refractivity contribution in [3.8, 4) is 5.75 Å². The molecule has 0 unspecified atom stereocenters. The third kappa shape index (κ3) is 3.74. The Morgan fingerprint density at radius 2 is 1.65 bits per heavy atom. The highest BCUT2D eigenvalue weighted by Crippen LogP contribution is 2.33. The number of benzene rings is 2. The van der Waals surface area contributed by atoms with E-state index in [0.717, 1.165) is 22.4 Å². The summed E-state index contributed by atoms with van der Waals surface area (Å²) in [5.41, 5.74) is 8.95. The Kier molecular flexibility index (Phi) is 6.34. The van der Waals surface area contributed by atoms with E-state index < -0.39 is 10.0 Å². The van der Waals surface area contributed by atoms with Crippen molar-refractivity contribution in [1.29, 1.82) is 0 Å². The number of hydrogen-bond acceptors (Lipinski definition) is 4. The minimum Gasteiger partial charge on any atom is -0.496 e. The number of aryl methyl sites for hydroxylation is 2. The Balaban J connectivity index is 0.00000243. The van der Waals surface area contributed by atoms with Crippen LogP contribution in [0.1, 0.15) is 22.6 Å². The molecule has 142 valence electrons. The first-order chi connectivity index (χ1) is 11.8. The molecule has 26 heavy (non-hydrogen) atoms. The number of sulfonamides is 1. The highest BCUT2D eigenvalue weighted by atomic mass is 35.5. The molecule has 1 aliphatic heterocycles. The molecule has 2 atom stereocenters. The van der Waals surface area contributed by atoms with Crippen LogP contribution >= 0.6 is 12.4 Å². The molecule has 0 aliphatic carbocycles. The van der Waals surface area contributed by atoms with E-state index in [1.807, 2.05) is 44.2 Å². The van der Waals surface area contributed by atoms with Crippen molar-refractivity contribution in [1.82, 2.24) is 4.31 Å². The minimum atomic E-state index is -3.58. The smallest absolute Gasteiger partial charge is 0.243 e. The van der Waals surface area contributed by atoms with Crippen molar-refractivity contribution in [2.45, 2.75) is 30.7 Å². The standard InChI is InChI=1S/C19H24N2O3S.ClH/c1-13-9-16(10-14(2)19(13)24-3)25(22,23)21-11-17(18(20)12-21)15-7-5-4-6-8-15;/h4-10,17-18H,11-12,20H2,1-3H3;1H/t17-,18+;/m0./s1. The van der Waals surface area contributed by atoms with Gasteiger partial charge in [-0.3, -0.25) is 0 Å². The molecule has 0 aromatic heterocycles. The van der Waals surface area contributed by atoms with Gasteiger partial charge in [-0.15, -0.1) is 12.4 Å². The van der Waals surface area contributed by atoms with Crippen LogP contribution in [0.4, 0.5) is 0 Å². The van der Waals surface area contributed by atoms with Crippen LogP contribution in [0.3, 0.4) is 0 Å². The van der Waals surface area contributed by atoms with Crippen LogP contribution in [-0.2, 0) is 10.0 Å². The summed E-state index contributed by atoms with van der Waals surface area (Å²) in [5.74, 6) is 0.732. The first kappa shape index (κ1) is 20.7. The molecule has 5 nitrogen and oxygen atoms in total. The van der Waals surface area contributed by atoms with E-state index in [-0.39, 0.29) is 24.4 Å². The molecule has 2 aromatic carbocycles. The van der Waals surface area contributed by atoms with E-state index in [1.165, 1.54) is 4.31 Å². The lowest BCUT2D eigenvalue weighted by atomic mass is 9.95. The number of methoxy groups -OCH3 is 1. The van der Waals surface area contributed by atoms with E-state index in [1.54, 1.807) is 19.2 Å². The fraction of sp³-hybridized carbons (Fsp3) is 0.368. The van der Waals surface area contributed by atoms with Crippen molar-refractivity contribution in [3.63, 3.8) is 0 Å². The van der Waals surface area contributed by atoms with Crippen molar-refractivity contribution in [2.75, 3.05) is 20.2 Å². The average molecular weight is 397 g/mol. The predicted molar refractivity (Wildman–Crippen MR) is 106 cm³/mol. The van der Waals surface area contributed by atoms with Gasteiger partial charge in [0.15, 0.2) is 0 Å². The Bertz CT molecular complexity index is 849. The maximum Gasteiger partial charge on any atom is 0.243 e. The van der Waals surface area contributed by atoms with Crippen LogP contribution in [0.5, 0.6) is 5.75 Å². The third-order valence-electron chi connectivity index (χ3n) is 4.84. The SMILES string of the molecule is COc1c(C)cc(S(=O)(=O)N2C[C@@H](N)[C@H](c3ccccc3)C2)cc1C.Cl. The molecule has 1 aliphatic rings. The Labute approximate surface area is 161 Å². The molecule has 3 rings (SSSR count). The fourth-order valence-corrected chi connectivity index (χ4v) is 5.25. The van der Waals surface area contributed by atoms with Gasteiger partial charge in [-0.2, -0.15) is 4.31 Å². The third-order valence-corrected chi connectivity index (χ3v) is 6.64. The van der Waals surface area contributed by atoms with Gasteiger partial charge in [-0.25, -0.2) is 8.42 Å². The van der Waals surface area contributed by atoms with Crippen LogP contribution in [0.25, 0.3) is 0 Å². The zero-order valence-corrected chi connectivity index (χ0v) is 16.8. The summed E-state index contributed by atoms with van der Waals surface area (Å²) in [5, 5.41) is 0. The van der Waals surface area contributed by atoms with Gasteiger partial charge in [0.05, 0.1) is 12.0 Å². The van der Waals surface area contributed by atoms with Crippen molar-refractivity contribution < 1.29 is 13.2 Å². The van der Waals surface area contributed by atoms with Gasteiger partial charge in [0.1, 0.15) is 5.75 Å². The lowest BCUT2D eigenvalue weighted by Gasteiger charge is -2.18. The van der Waals surface area contributed by atoms with E-state index in [2.05, 4.69) is 0 Å². The monoisotopic (exact) mass is 396 g/mol. The lowest BCUT2D eigenvalue weighted by molar-refractivity contribution is 0.408. The first-order valence-corrected chi connectivity index (χ1v) is 9.74. The second kappa shape index (κ2) is 7.96. The molecule has 0 saturated carbocycles. The van der Waals surface area contributed by atoms with Crippen LogP contribution in [0, 0.1) is 13.8 Å². The summed E-state index contributed by atoms with van der Waals surface area (Å²) in [7, 11) is -1.99. The van der Waals surface area contributed by atoms with Crippen molar-refractivity contribution in [2.24, 2.45) is 5.73 Å². The molecule has 7 heteroatoms. The summed E-state index contributed by atoms with van der Waals surface area (Å²) in [4.78, 5) is 0.296. The summed E-state index contributed by atoms with van der Waals surface area (Å²) < 4.78 is 33.0. The van der Waals surface area contributed by atoms with Crippen LogP contribution in [0.15, 0.2) is 47.4 Å². The van der Waals surface area contributed by atoms with Gasteiger partial charge in [0, 0.05) is 25.0 Å². The molecular weight excluding hydrogens is 372 g/mol. The first-order valence-electron chi connectivity index (χ1n) is 8.30. The summed E-state index contributed by atoms with van der Waals surface area (Å²) in [6.07, 6.45) is 0. The quantitative estimate of drug-likeness (QED) is 0.862. The largest absolute Gasteiger partial charge is 0.496 e. The summed E-state index contributed by atoms with van der Waals surface area (Å²) in [6.45, 7) is 4.43. The van der Waals surface area contributed by atoms with Gasteiger partial charge >= 0.3 is 0 Å². The zero-order chi connectivity index (χ0) is 18.2. The van der Waals surface area contributed by atoms with Gasteiger partial charge in [-0.1, -0.05) is 30.3 Å². The number of ether oxygens (including phenoxy) is 1. The van der Waals surface area contributed by atoms with E-state index in [9.17, 15) is 8.42 Å². The molecule has 2 N–H and O–H groups in total. The Morgan fingerprint density at radius 3 is 2.19 bits per heavy atom. The molecule has 1 saturated heterocycles. The molecular formula is C19H25ClN2O3S. The Morgan fingerprint density at radius 1 is 1.08 bits per heavy atom. The molecule has 0 spiro atoms. The molecule has 0 amide bonds. The second-order valence-corrected chi connectivity index (χ2v) is 8.53. The lowest BCUT2D eigenvalue weighted by Crippen LogP contribution is -2.32. The van der Waals surface area contributed by atoms with Crippen LogP contribution in [-0.4, -0.2) is 39.0 Å². The fourth-order valence-electron chi connectivity index (χ4n) is 3.57. The number of nitrogens with zero attached hydrogens (tertiary/aromatic N) is 1. The van der Waals surface area contributed by atoms with Gasteiger partial charge < -0.3 is 10.5 Å². The summed E-state index contributed by atoms with van der Waals surface area (Å²) >= 11 is 0. The minimum absolute atomic E-state index is 0. The zero-order valence-electron chi connectivity index (χ0n) is 15.2. The summed E-state index contributed by atoms with van der Waals surface area (Å²) in [6, 6.07) is 13.0. The molecule has 1 fully saturated rings. The molecule has 1 heterocycles. The topological polar surface area (TPSA) is 72.6 Å². The maximum absolute atomic E-state index is 13.1.